The minimum Gasteiger partial charge on any atom is -0.447 e. The van der Waals surface area contributed by atoms with Crippen molar-refractivity contribution < 1.29 is 4.42 Å². The van der Waals surface area contributed by atoms with Crippen molar-refractivity contribution in [2.24, 2.45) is 0 Å². The van der Waals surface area contributed by atoms with Crippen LogP contribution in [0.4, 0.5) is 5.88 Å². The van der Waals surface area contributed by atoms with E-state index in [0.29, 0.717) is 0 Å². The molecule has 42 valence electrons. The summed E-state index contributed by atoms with van der Waals surface area (Å²) in [5, 5.41) is 0. The first-order valence-electron chi connectivity index (χ1n) is 2.52. The Morgan fingerprint density at radius 1 is 1.62 bits per heavy atom. The lowest BCUT2D eigenvalue weighted by Crippen LogP contribution is -2.11. The van der Waals surface area contributed by atoms with E-state index in [0.717, 1.165) is 12.4 Å². The van der Waals surface area contributed by atoms with Gasteiger partial charge in [-0.25, -0.2) is 5.43 Å². The van der Waals surface area contributed by atoms with Crippen molar-refractivity contribution in [2.75, 3.05) is 5.43 Å². The maximum absolute atomic E-state index is 5.00. The third-order valence-electron chi connectivity index (χ3n) is 1.23. The average Bonchev–Trinajstić information content (AvgIpc) is 2.15. The molecule has 1 aromatic rings. The topological polar surface area (TPSA) is 37.2 Å². The largest absolute Gasteiger partial charge is 0.447 e. The Labute approximate surface area is 46.7 Å². The molecule has 0 fully saturated rings. The van der Waals surface area contributed by atoms with Gasteiger partial charge in [0.25, 0.3) is 0 Å². The molecular formula is C5H6N2O. The van der Waals surface area contributed by atoms with Crippen LogP contribution >= 0.6 is 0 Å². The number of anilines is 1. The minimum absolute atomic E-state index is 0.852. The van der Waals surface area contributed by atoms with Crippen LogP contribution in [0.1, 0.15) is 5.56 Å². The monoisotopic (exact) mass is 110 g/mol. The molecule has 0 saturated carbocycles. The van der Waals surface area contributed by atoms with Gasteiger partial charge in [0.2, 0.25) is 5.88 Å². The third-order valence-corrected chi connectivity index (χ3v) is 1.23. The summed E-state index contributed by atoms with van der Waals surface area (Å²) < 4.78 is 5.00. The zero-order chi connectivity index (χ0) is 5.40. The lowest BCUT2D eigenvalue weighted by atomic mass is 10.3. The quantitative estimate of drug-likeness (QED) is 0.516. The van der Waals surface area contributed by atoms with Crippen LogP contribution in [0.2, 0.25) is 0 Å². The van der Waals surface area contributed by atoms with Gasteiger partial charge in [0.15, 0.2) is 0 Å². The van der Waals surface area contributed by atoms with Crippen LogP contribution in [0.15, 0.2) is 16.7 Å². The Bertz CT molecular complexity index is 176. The number of hydrogen-bond acceptors (Lipinski definition) is 3. The number of furan rings is 1. The maximum atomic E-state index is 5.00. The Hall–Kier alpha value is -0.960. The fourth-order valence-corrected chi connectivity index (χ4v) is 0.804. The van der Waals surface area contributed by atoms with Gasteiger partial charge in [-0.2, -0.15) is 0 Å². The smallest absolute Gasteiger partial charge is 0.211 e. The maximum Gasteiger partial charge on any atom is 0.211 e. The molecule has 0 unspecified atom stereocenters. The molecule has 0 bridgehead atoms. The second-order valence-corrected chi connectivity index (χ2v) is 1.75. The summed E-state index contributed by atoms with van der Waals surface area (Å²) in [6.07, 6.45) is 1.68. The molecule has 0 spiro atoms. The molecule has 0 atom stereocenters. The van der Waals surface area contributed by atoms with Crippen molar-refractivity contribution >= 4 is 5.88 Å². The van der Waals surface area contributed by atoms with Gasteiger partial charge in [-0.05, 0) is 6.07 Å². The van der Waals surface area contributed by atoms with Gasteiger partial charge in [-0.1, -0.05) is 0 Å². The normalized spacial score (nSPS) is 15.5. The molecule has 1 aromatic heterocycles. The Kier molecular flexibility index (Phi) is 0.625. The van der Waals surface area contributed by atoms with E-state index in [-0.39, 0.29) is 0 Å². The van der Waals surface area contributed by atoms with Gasteiger partial charge in [-0.3, -0.25) is 5.43 Å². The summed E-state index contributed by atoms with van der Waals surface area (Å²) in [6, 6.07) is 1.95. The third kappa shape index (κ3) is 0.364. The summed E-state index contributed by atoms with van der Waals surface area (Å²) in [5.74, 6) is 0.852. The van der Waals surface area contributed by atoms with Crippen molar-refractivity contribution in [1.29, 1.82) is 0 Å². The fourth-order valence-electron chi connectivity index (χ4n) is 0.804. The first kappa shape index (κ1) is 3.97. The predicted octanol–water partition coefficient (Wildman–Crippen LogP) is 0.710. The molecule has 2 N–H and O–H groups in total. The van der Waals surface area contributed by atoms with Crippen LogP contribution in [-0.4, -0.2) is 0 Å². The highest BCUT2D eigenvalue weighted by atomic mass is 16.3. The van der Waals surface area contributed by atoms with E-state index >= 15 is 0 Å². The van der Waals surface area contributed by atoms with Crippen molar-refractivity contribution in [3.8, 4) is 0 Å². The summed E-state index contributed by atoms with van der Waals surface area (Å²) in [6.45, 7) is 0.867. The average molecular weight is 110 g/mol. The Balaban J connectivity index is 2.54. The highest BCUT2D eigenvalue weighted by Gasteiger charge is 2.10. The van der Waals surface area contributed by atoms with Crippen molar-refractivity contribution in [3.05, 3.63) is 17.9 Å². The predicted molar refractivity (Wildman–Crippen MR) is 29.2 cm³/mol. The number of nitrogens with one attached hydrogen (secondary N) is 2. The Morgan fingerprint density at radius 3 is 3.50 bits per heavy atom. The molecule has 0 amide bonds. The molecular weight excluding hydrogens is 104 g/mol. The molecule has 1 aliphatic rings. The molecule has 0 saturated heterocycles. The minimum atomic E-state index is 0.852. The van der Waals surface area contributed by atoms with E-state index in [1.54, 1.807) is 6.26 Å². The highest BCUT2D eigenvalue weighted by Crippen LogP contribution is 2.18. The van der Waals surface area contributed by atoms with E-state index in [1.165, 1.54) is 5.56 Å². The summed E-state index contributed by atoms with van der Waals surface area (Å²) in [7, 11) is 0. The van der Waals surface area contributed by atoms with Gasteiger partial charge >= 0.3 is 0 Å². The zero-order valence-corrected chi connectivity index (χ0v) is 4.27. The first-order valence-corrected chi connectivity index (χ1v) is 2.52. The molecule has 8 heavy (non-hydrogen) atoms. The standard InChI is InChI=1S/C5H6N2O/c1-2-8-5-4(1)3-6-7-5/h1-2,6-7H,3H2. The summed E-state index contributed by atoms with van der Waals surface area (Å²) in [5.41, 5.74) is 6.99. The van der Waals surface area contributed by atoms with Gasteiger partial charge in [0.05, 0.1) is 6.26 Å². The lowest BCUT2D eigenvalue weighted by molar-refractivity contribution is 0.578. The van der Waals surface area contributed by atoms with Gasteiger partial charge in [0.1, 0.15) is 0 Å². The lowest BCUT2D eigenvalue weighted by Gasteiger charge is -1.88. The SMILES string of the molecule is c1cc2c(o1)NNC2. The van der Waals surface area contributed by atoms with Crippen molar-refractivity contribution in [2.45, 2.75) is 6.54 Å². The van der Waals surface area contributed by atoms with E-state index in [1.807, 2.05) is 6.07 Å². The van der Waals surface area contributed by atoms with Crippen LogP contribution in [0.25, 0.3) is 0 Å². The molecule has 0 radical (unpaired) electrons. The summed E-state index contributed by atoms with van der Waals surface area (Å²) in [4.78, 5) is 0. The van der Waals surface area contributed by atoms with Crippen molar-refractivity contribution in [3.63, 3.8) is 0 Å². The highest BCUT2D eigenvalue weighted by molar-refractivity contribution is 5.43. The van der Waals surface area contributed by atoms with Crippen molar-refractivity contribution in [1.82, 2.24) is 5.43 Å². The number of fused-ring (bicyclic) bond motifs is 1. The molecule has 2 heterocycles. The Morgan fingerprint density at radius 2 is 2.62 bits per heavy atom. The molecule has 0 aliphatic carbocycles. The summed E-state index contributed by atoms with van der Waals surface area (Å²) >= 11 is 0. The molecule has 3 heteroatoms. The molecule has 2 rings (SSSR count). The second kappa shape index (κ2) is 1.26. The molecule has 0 aromatic carbocycles. The molecule has 1 aliphatic heterocycles. The van der Waals surface area contributed by atoms with Crippen LogP contribution < -0.4 is 10.9 Å². The zero-order valence-electron chi connectivity index (χ0n) is 4.27. The van der Waals surface area contributed by atoms with Crippen LogP contribution in [0, 0.1) is 0 Å². The van der Waals surface area contributed by atoms with E-state index < -0.39 is 0 Å². The van der Waals surface area contributed by atoms with Crippen LogP contribution in [-0.2, 0) is 6.54 Å². The van der Waals surface area contributed by atoms with E-state index in [4.69, 9.17) is 4.42 Å². The first-order chi connectivity index (χ1) is 3.97. The van der Waals surface area contributed by atoms with E-state index in [2.05, 4.69) is 10.9 Å². The fraction of sp³-hybridized carbons (Fsp3) is 0.200. The van der Waals surface area contributed by atoms with Crippen LogP contribution in [0.5, 0.6) is 0 Å². The van der Waals surface area contributed by atoms with Gasteiger partial charge < -0.3 is 4.42 Å². The number of rotatable bonds is 0. The second-order valence-electron chi connectivity index (χ2n) is 1.75. The number of hydrazine groups is 1. The number of hydrogen-bond donors (Lipinski definition) is 2. The molecule has 3 nitrogen and oxygen atoms in total. The van der Waals surface area contributed by atoms with Crippen LogP contribution in [0.3, 0.4) is 0 Å². The van der Waals surface area contributed by atoms with Gasteiger partial charge in [-0.15, -0.1) is 0 Å². The van der Waals surface area contributed by atoms with E-state index in [9.17, 15) is 0 Å². The van der Waals surface area contributed by atoms with Gasteiger partial charge in [0, 0.05) is 12.1 Å².